The van der Waals surface area contributed by atoms with Gasteiger partial charge in [0.2, 0.25) is 5.91 Å². The van der Waals surface area contributed by atoms with Crippen LogP contribution in [-0.4, -0.2) is 54.0 Å². The van der Waals surface area contributed by atoms with Crippen molar-refractivity contribution in [3.05, 3.63) is 0 Å². The molecule has 2 rings (SSSR count). The van der Waals surface area contributed by atoms with E-state index in [1.54, 1.807) is 0 Å². The minimum absolute atomic E-state index is 0.227. The monoisotopic (exact) mass is 253 g/mol. The number of nitrogens with two attached hydrogens (primary N) is 1. The van der Waals surface area contributed by atoms with Crippen molar-refractivity contribution in [1.82, 2.24) is 9.80 Å². The Balaban J connectivity index is 1.83. The molecule has 3 atom stereocenters. The van der Waals surface area contributed by atoms with E-state index in [4.69, 9.17) is 5.73 Å². The number of likely N-dealkylation sites (tertiary alicyclic amines) is 2. The van der Waals surface area contributed by atoms with E-state index in [9.17, 15) is 4.79 Å². The molecule has 1 amide bonds. The third kappa shape index (κ3) is 3.23. The Kier molecular flexibility index (Phi) is 4.62. The van der Waals surface area contributed by atoms with Gasteiger partial charge in [-0.05, 0) is 45.1 Å². The first kappa shape index (κ1) is 13.8. The van der Waals surface area contributed by atoms with E-state index in [-0.39, 0.29) is 6.04 Å². The predicted octanol–water partition coefficient (Wildman–Crippen LogP) is 1.06. The normalized spacial score (nSPS) is 34.6. The molecule has 104 valence electrons. The fraction of sp³-hybridized carbons (Fsp3) is 0.929. The van der Waals surface area contributed by atoms with Crippen LogP contribution in [0, 0.1) is 5.92 Å². The summed E-state index contributed by atoms with van der Waals surface area (Å²) < 4.78 is 0. The van der Waals surface area contributed by atoms with E-state index in [1.165, 1.54) is 6.42 Å². The van der Waals surface area contributed by atoms with Gasteiger partial charge >= 0.3 is 0 Å². The first-order valence-electron chi connectivity index (χ1n) is 7.35. The molecule has 0 spiro atoms. The zero-order chi connectivity index (χ0) is 13.1. The van der Waals surface area contributed by atoms with Crippen LogP contribution >= 0.6 is 0 Å². The van der Waals surface area contributed by atoms with E-state index in [1.807, 2.05) is 0 Å². The van der Waals surface area contributed by atoms with Gasteiger partial charge in [0.25, 0.3) is 0 Å². The second-order valence-electron chi connectivity index (χ2n) is 6.10. The van der Waals surface area contributed by atoms with Gasteiger partial charge in [-0.1, -0.05) is 6.92 Å². The molecule has 0 aliphatic carbocycles. The van der Waals surface area contributed by atoms with Crippen LogP contribution in [0.25, 0.3) is 0 Å². The standard InChI is InChI=1S/C14H27N3O/c1-11-6-8-16(9-13(11)15)10-14(18)17-7-4-3-5-12(17)2/h11-13H,3-10,15H2,1-2H3. The molecule has 2 fully saturated rings. The first-order chi connectivity index (χ1) is 8.58. The van der Waals surface area contributed by atoms with E-state index >= 15 is 0 Å². The molecule has 2 saturated heterocycles. The maximum atomic E-state index is 12.3. The summed E-state index contributed by atoms with van der Waals surface area (Å²) in [5.74, 6) is 0.884. The summed E-state index contributed by atoms with van der Waals surface area (Å²) in [4.78, 5) is 16.6. The summed E-state index contributed by atoms with van der Waals surface area (Å²) in [6.45, 7) is 7.76. The largest absolute Gasteiger partial charge is 0.339 e. The van der Waals surface area contributed by atoms with Gasteiger partial charge in [0.1, 0.15) is 0 Å². The minimum Gasteiger partial charge on any atom is -0.339 e. The molecule has 0 radical (unpaired) electrons. The lowest BCUT2D eigenvalue weighted by Gasteiger charge is -2.38. The van der Waals surface area contributed by atoms with Crippen molar-refractivity contribution in [2.75, 3.05) is 26.2 Å². The molecular formula is C14H27N3O. The Labute approximate surface area is 110 Å². The third-order valence-corrected chi connectivity index (χ3v) is 4.58. The van der Waals surface area contributed by atoms with Gasteiger partial charge in [0.15, 0.2) is 0 Å². The van der Waals surface area contributed by atoms with Crippen molar-refractivity contribution in [2.24, 2.45) is 11.7 Å². The van der Waals surface area contributed by atoms with Crippen molar-refractivity contribution in [1.29, 1.82) is 0 Å². The van der Waals surface area contributed by atoms with Crippen molar-refractivity contribution in [2.45, 2.75) is 51.6 Å². The predicted molar refractivity (Wildman–Crippen MR) is 73.2 cm³/mol. The van der Waals surface area contributed by atoms with E-state index in [2.05, 4.69) is 23.6 Å². The van der Waals surface area contributed by atoms with Gasteiger partial charge in [-0.3, -0.25) is 9.69 Å². The molecule has 18 heavy (non-hydrogen) atoms. The first-order valence-corrected chi connectivity index (χ1v) is 7.35. The van der Waals surface area contributed by atoms with Crippen LogP contribution in [0.5, 0.6) is 0 Å². The number of amides is 1. The highest BCUT2D eigenvalue weighted by molar-refractivity contribution is 5.78. The molecule has 2 aliphatic heterocycles. The number of hydrogen-bond acceptors (Lipinski definition) is 3. The fourth-order valence-electron chi connectivity index (χ4n) is 3.06. The molecule has 2 N–H and O–H groups in total. The second kappa shape index (κ2) is 6.02. The zero-order valence-corrected chi connectivity index (χ0v) is 11.8. The summed E-state index contributed by atoms with van der Waals surface area (Å²) in [7, 11) is 0. The molecule has 3 unspecified atom stereocenters. The van der Waals surface area contributed by atoms with Crippen LogP contribution in [0.3, 0.4) is 0 Å². The lowest BCUT2D eigenvalue weighted by Crippen LogP contribution is -2.52. The molecule has 4 heteroatoms. The molecule has 0 bridgehead atoms. The summed E-state index contributed by atoms with van der Waals surface area (Å²) in [5, 5.41) is 0. The van der Waals surface area contributed by atoms with Crippen LogP contribution in [-0.2, 0) is 4.79 Å². The van der Waals surface area contributed by atoms with Crippen LogP contribution in [0.15, 0.2) is 0 Å². The van der Waals surface area contributed by atoms with E-state index < -0.39 is 0 Å². The van der Waals surface area contributed by atoms with Gasteiger partial charge in [-0.25, -0.2) is 0 Å². The highest BCUT2D eigenvalue weighted by Gasteiger charge is 2.28. The quantitative estimate of drug-likeness (QED) is 0.800. The van der Waals surface area contributed by atoms with Gasteiger partial charge in [0, 0.05) is 25.2 Å². The molecule has 2 aliphatic rings. The summed E-state index contributed by atoms with van der Waals surface area (Å²) in [5.41, 5.74) is 6.08. The number of carbonyl (C=O) groups excluding carboxylic acids is 1. The Bertz CT molecular complexity index is 295. The SMILES string of the molecule is CC1CCN(CC(=O)N2CCCCC2C)CC1N. The van der Waals surface area contributed by atoms with E-state index in [0.717, 1.165) is 38.9 Å². The summed E-state index contributed by atoms with van der Waals surface area (Å²) in [6, 6.07) is 0.647. The smallest absolute Gasteiger partial charge is 0.236 e. The lowest BCUT2D eigenvalue weighted by atomic mass is 9.94. The Hall–Kier alpha value is -0.610. The third-order valence-electron chi connectivity index (χ3n) is 4.58. The second-order valence-corrected chi connectivity index (χ2v) is 6.10. The van der Waals surface area contributed by atoms with Gasteiger partial charge in [-0.2, -0.15) is 0 Å². The maximum Gasteiger partial charge on any atom is 0.236 e. The van der Waals surface area contributed by atoms with Crippen molar-refractivity contribution in [3.63, 3.8) is 0 Å². The van der Waals surface area contributed by atoms with Gasteiger partial charge < -0.3 is 10.6 Å². The van der Waals surface area contributed by atoms with Crippen molar-refractivity contribution in [3.8, 4) is 0 Å². The molecular weight excluding hydrogens is 226 g/mol. The van der Waals surface area contributed by atoms with Gasteiger partial charge in [-0.15, -0.1) is 0 Å². The highest BCUT2D eigenvalue weighted by atomic mass is 16.2. The molecule has 2 heterocycles. The molecule has 0 aromatic carbocycles. The number of carbonyl (C=O) groups is 1. The number of hydrogen-bond donors (Lipinski definition) is 1. The van der Waals surface area contributed by atoms with Crippen molar-refractivity contribution < 1.29 is 4.79 Å². The zero-order valence-electron chi connectivity index (χ0n) is 11.8. The Morgan fingerprint density at radius 2 is 2.00 bits per heavy atom. The van der Waals surface area contributed by atoms with Crippen molar-refractivity contribution >= 4 is 5.91 Å². The molecule has 0 saturated carbocycles. The van der Waals surface area contributed by atoms with Crippen LogP contribution in [0.2, 0.25) is 0 Å². The minimum atomic E-state index is 0.227. The average Bonchev–Trinajstić information content (AvgIpc) is 2.34. The number of rotatable bonds is 2. The lowest BCUT2D eigenvalue weighted by molar-refractivity contribution is -0.136. The van der Waals surface area contributed by atoms with Crippen LogP contribution < -0.4 is 5.73 Å². The molecule has 0 aromatic heterocycles. The molecule has 0 aromatic rings. The topological polar surface area (TPSA) is 49.6 Å². The maximum absolute atomic E-state index is 12.3. The number of nitrogens with zero attached hydrogens (tertiary/aromatic N) is 2. The summed E-state index contributed by atoms with van der Waals surface area (Å²) >= 11 is 0. The van der Waals surface area contributed by atoms with Crippen LogP contribution in [0.4, 0.5) is 0 Å². The van der Waals surface area contributed by atoms with Gasteiger partial charge in [0.05, 0.1) is 6.54 Å². The van der Waals surface area contributed by atoms with E-state index in [0.29, 0.717) is 24.4 Å². The van der Waals surface area contributed by atoms with Crippen LogP contribution in [0.1, 0.15) is 39.5 Å². The fourth-order valence-corrected chi connectivity index (χ4v) is 3.06. The molecule has 4 nitrogen and oxygen atoms in total. The Morgan fingerprint density at radius 1 is 1.22 bits per heavy atom. The Morgan fingerprint density at radius 3 is 2.67 bits per heavy atom. The number of piperidine rings is 2. The summed E-state index contributed by atoms with van der Waals surface area (Å²) in [6.07, 6.45) is 4.69. The average molecular weight is 253 g/mol. The highest BCUT2D eigenvalue weighted by Crippen LogP contribution is 2.18.